The molecular formula is C15H26N2. The fraction of sp³-hybridized carbons (Fsp3) is 0.600. The van der Waals surface area contributed by atoms with E-state index in [9.17, 15) is 0 Å². The molecule has 0 saturated heterocycles. The molecule has 0 bridgehead atoms. The highest BCUT2D eigenvalue weighted by molar-refractivity contribution is 5.50. The van der Waals surface area contributed by atoms with Crippen LogP contribution in [0.25, 0.3) is 0 Å². The van der Waals surface area contributed by atoms with E-state index in [0.29, 0.717) is 0 Å². The molecule has 0 saturated carbocycles. The van der Waals surface area contributed by atoms with E-state index in [1.54, 1.807) is 0 Å². The van der Waals surface area contributed by atoms with Crippen LogP contribution in [0.15, 0.2) is 18.2 Å². The Morgan fingerprint density at radius 2 is 2.00 bits per heavy atom. The first kappa shape index (κ1) is 14.0. The minimum atomic E-state index is 0.730. The molecule has 2 nitrogen and oxygen atoms in total. The molecule has 0 spiro atoms. The van der Waals surface area contributed by atoms with Crippen LogP contribution in [0.3, 0.4) is 0 Å². The Bertz CT molecular complexity index is 334. The van der Waals surface area contributed by atoms with Crippen molar-refractivity contribution in [2.75, 3.05) is 24.5 Å². The summed E-state index contributed by atoms with van der Waals surface area (Å²) in [4.78, 5) is 2.45. The van der Waals surface area contributed by atoms with Crippen molar-refractivity contribution in [3.05, 3.63) is 29.3 Å². The monoisotopic (exact) mass is 234 g/mol. The molecule has 1 aromatic carbocycles. The molecule has 1 rings (SSSR count). The third-order valence-corrected chi connectivity index (χ3v) is 3.27. The largest absolute Gasteiger partial charge is 0.372 e. The van der Waals surface area contributed by atoms with Gasteiger partial charge < -0.3 is 10.6 Å². The third-order valence-electron chi connectivity index (χ3n) is 3.27. The van der Waals surface area contributed by atoms with Gasteiger partial charge in [-0.15, -0.1) is 0 Å². The van der Waals surface area contributed by atoms with Crippen LogP contribution in [0.1, 0.15) is 37.8 Å². The smallest absolute Gasteiger partial charge is 0.0368 e. The SMILES string of the molecule is CCCCN(CC)c1ccc(CCN)c(C)c1. The maximum Gasteiger partial charge on any atom is 0.0368 e. The molecule has 0 unspecified atom stereocenters. The van der Waals surface area contributed by atoms with E-state index in [2.05, 4.69) is 43.9 Å². The average Bonchev–Trinajstić information content (AvgIpc) is 2.33. The predicted molar refractivity (Wildman–Crippen MR) is 76.7 cm³/mol. The average molecular weight is 234 g/mol. The van der Waals surface area contributed by atoms with Gasteiger partial charge in [-0.1, -0.05) is 19.4 Å². The quantitative estimate of drug-likeness (QED) is 0.785. The van der Waals surface area contributed by atoms with Crippen molar-refractivity contribution in [3.63, 3.8) is 0 Å². The zero-order chi connectivity index (χ0) is 12.7. The van der Waals surface area contributed by atoms with E-state index in [1.807, 2.05) is 0 Å². The minimum Gasteiger partial charge on any atom is -0.372 e. The van der Waals surface area contributed by atoms with Gasteiger partial charge in [-0.3, -0.25) is 0 Å². The number of aryl methyl sites for hydroxylation is 1. The molecule has 0 fully saturated rings. The van der Waals surface area contributed by atoms with Gasteiger partial charge in [0.05, 0.1) is 0 Å². The van der Waals surface area contributed by atoms with Crippen LogP contribution in [0.2, 0.25) is 0 Å². The summed E-state index contributed by atoms with van der Waals surface area (Å²) in [6, 6.07) is 6.76. The zero-order valence-electron chi connectivity index (χ0n) is 11.5. The second-order valence-corrected chi connectivity index (χ2v) is 4.58. The van der Waals surface area contributed by atoms with Crippen LogP contribution in [-0.2, 0) is 6.42 Å². The Morgan fingerprint density at radius 3 is 2.53 bits per heavy atom. The van der Waals surface area contributed by atoms with E-state index in [-0.39, 0.29) is 0 Å². The number of anilines is 1. The van der Waals surface area contributed by atoms with Gasteiger partial charge in [0.2, 0.25) is 0 Å². The third kappa shape index (κ3) is 4.04. The van der Waals surface area contributed by atoms with Crippen LogP contribution in [-0.4, -0.2) is 19.6 Å². The second kappa shape index (κ2) is 7.33. The Hall–Kier alpha value is -1.02. The van der Waals surface area contributed by atoms with Crippen molar-refractivity contribution in [2.24, 2.45) is 5.73 Å². The summed E-state index contributed by atoms with van der Waals surface area (Å²) in [5.74, 6) is 0. The molecule has 96 valence electrons. The van der Waals surface area contributed by atoms with Gasteiger partial charge in [-0.25, -0.2) is 0 Å². The molecule has 0 amide bonds. The molecule has 0 aliphatic rings. The maximum absolute atomic E-state index is 5.61. The molecule has 0 atom stereocenters. The number of benzene rings is 1. The molecule has 0 heterocycles. The molecule has 17 heavy (non-hydrogen) atoms. The number of hydrogen-bond donors (Lipinski definition) is 1. The standard InChI is InChI=1S/C15H26N2/c1-4-6-11-17(5-2)15-8-7-14(9-10-16)13(3)12-15/h7-8,12H,4-6,9-11,16H2,1-3H3. The molecule has 2 heteroatoms. The number of rotatable bonds is 7. The molecule has 0 aromatic heterocycles. The van der Waals surface area contributed by atoms with Crippen molar-refractivity contribution in [3.8, 4) is 0 Å². The highest BCUT2D eigenvalue weighted by atomic mass is 15.1. The number of unbranched alkanes of at least 4 members (excludes halogenated alkanes) is 1. The predicted octanol–water partition coefficient (Wildman–Crippen LogP) is 3.12. The van der Waals surface area contributed by atoms with Crippen LogP contribution in [0, 0.1) is 6.92 Å². The van der Waals surface area contributed by atoms with E-state index >= 15 is 0 Å². The summed E-state index contributed by atoms with van der Waals surface area (Å²) >= 11 is 0. The lowest BCUT2D eigenvalue weighted by atomic mass is 10.0. The first-order chi connectivity index (χ1) is 8.22. The van der Waals surface area contributed by atoms with Crippen molar-refractivity contribution in [1.82, 2.24) is 0 Å². The number of hydrogen-bond acceptors (Lipinski definition) is 2. The lowest BCUT2D eigenvalue weighted by molar-refractivity contribution is 0.731. The highest BCUT2D eigenvalue weighted by Gasteiger charge is 2.05. The fourth-order valence-electron chi connectivity index (χ4n) is 2.13. The van der Waals surface area contributed by atoms with Crippen molar-refractivity contribution >= 4 is 5.69 Å². The Kier molecular flexibility index (Phi) is 6.06. The van der Waals surface area contributed by atoms with Crippen molar-refractivity contribution in [1.29, 1.82) is 0 Å². The molecular weight excluding hydrogens is 208 g/mol. The van der Waals surface area contributed by atoms with Gasteiger partial charge in [-0.05, 0) is 56.5 Å². The second-order valence-electron chi connectivity index (χ2n) is 4.58. The van der Waals surface area contributed by atoms with Gasteiger partial charge in [-0.2, -0.15) is 0 Å². The first-order valence-electron chi connectivity index (χ1n) is 6.77. The summed E-state index contributed by atoms with van der Waals surface area (Å²) in [6.45, 7) is 9.61. The van der Waals surface area contributed by atoms with Crippen LogP contribution < -0.4 is 10.6 Å². The van der Waals surface area contributed by atoms with Crippen molar-refractivity contribution in [2.45, 2.75) is 40.0 Å². The van der Waals surface area contributed by atoms with Crippen LogP contribution >= 0.6 is 0 Å². The first-order valence-corrected chi connectivity index (χ1v) is 6.77. The maximum atomic E-state index is 5.61. The molecule has 0 aliphatic heterocycles. The summed E-state index contributed by atoms with van der Waals surface area (Å²) in [6.07, 6.45) is 3.49. The van der Waals surface area contributed by atoms with Gasteiger partial charge >= 0.3 is 0 Å². The molecule has 2 N–H and O–H groups in total. The lowest BCUT2D eigenvalue weighted by Crippen LogP contribution is -2.23. The summed E-state index contributed by atoms with van der Waals surface area (Å²) in [5.41, 5.74) is 9.70. The summed E-state index contributed by atoms with van der Waals surface area (Å²) in [5, 5.41) is 0. The van der Waals surface area contributed by atoms with E-state index < -0.39 is 0 Å². The van der Waals surface area contributed by atoms with Crippen molar-refractivity contribution < 1.29 is 0 Å². The topological polar surface area (TPSA) is 29.3 Å². The van der Waals surface area contributed by atoms with Gasteiger partial charge in [0, 0.05) is 18.8 Å². The highest BCUT2D eigenvalue weighted by Crippen LogP contribution is 2.20. The van der Waals surface area contributed by atoms with Crippen LogP contribution in [0.5, 0.6) is 0 Å². The van der Waals surface area contributed by atoms with Crippen LogP contribution in [0.4, 0.5) is 5.69 Å². The lowest BCUT2D eigenvalue weighted by Gasteiger charge is -2.24. The Balaban J connectivity index is 2.79. The normalized spacial score (nSPS) is 10.6. The van der Waals surface area contributed by atoms with E-state index in [1.165, 1.54) is 29.7 Å². The fourth-order valence-corrected chi connectivity index (χ4v) is 2.13. The van der Waals surface area contributed by atoms with Gasteiger partial charge in [0.1, 0.15) is 0 Å². The van der Waals surface area contributed by atoms with E-state index in [4.69, 9.17) is 5.73 Å². The Labute approximate surface area is 106 Å². The summed E-state index contributed by atoms with van der Waals surface area (Å²) in [7, 11) is 0. The van der Waals surface area contributed by atoms with Gasteiger partial charge in [0.25, 0.3) is 0 Å². The number of nitrogens with two attached hydrogens (primary N) is 1. The molecule has 1 aromatic rings. The van der Waals surface area contributed by atoms with Gasteiger partial charge in [0.15, 0.2) is 0 Å². The molecule has 0 aliphatic carbocycles. The number of nitrogens with zero attached hydrogens (tertiary/aromatic N) is 1. The molecule has 0 radical (unpaired) electrons. The summed E-state index contributed by atoms with van der Waals surface area (Å²) < 4.78 is 0. The minimum absolute atomic E-state index is 0.730. The Morgan fingerprint density at radius 1 is 1.24 bits per heavy atom. The zero-order valence-corrected chi connectivity index (χ0v) is 11.5. The van der Waals surface area contributed by atoms with E-state index in [0.717, 1.165) is 26.1 Å².